The van der Waals surface area contributed by atoms with Crippen LogP contribution in [0.15, 0.2) is 38.6 Å². The first-order chi connectivity index (χ1) is 21.3. The highest BCUT2D eigenvalue weighted by atomic mass is 16.7. The van der Waals surface area contributed by atoms with E-state index in [9.17, 15) is 24.7 Å². The number of esters is 3. The van der Waals surface area contributed by atoms with E-state index in [1.807, 2.05) is 13.8 Å². The summed E-state index contributed by atoms with van der Waals surface area (Å²) in [6.45, 7) is 9.58. The Labute approximate surface area is 258 Å². The van der Waals surface area contributed by atoms with Gasteiger partial charge >= 0.3 is 23.5 Å². The molecule has 0 saturated carbocycles. The Morgan fingerprint density at radius 1 is 0.978 bits per heavy atom. The Kier molecular flexibility index (Phi) is 10.7. The molecule has 2 aliphatic heterocycles. The van der Waals surface area contributed by atoms with Gasteiger partial charge in [0.2, 0.25) is 6.29 Å². The average Bonchev–Trinajstić information content (AvgIpc) is 2.98. The predicted molar refractivity (Wildman–Crippen MR) is 155 cm³/mol. The van der Waals surface area contributed by atoms with Crippen LogP contribution in [0.3, 0.4) is 0 Å². The number of azide groups is 1. The van der Waals surface area contributed by atoms with E-state index in [-0.39, 0.29) is 29.8 Å². The van der Waals surface area contributed by atoms with Crippen LogP contribution < -0.4 is 10.4 Å². The van der Waals surface area contributed by atoms with Crippen LogP contribution >= 0.6 is 0 Å². The molecule has 15 heteroatoms. The van der Waals surface area contributed by atoms with E-state index in [4.69, 9.17) is 37.6 Å². The van der Waals surface area contributed by atoms with Gasteiger partial charge in [0.25, 0.3) is 0 Å². The van der Waals surface area contributed by atoms with E-state index < -0.39 is 72.5 Å². The molecule has 0 aliphatic carbocycles. The lowest BCUT2D eigenvalue weighted by molar-refractivity contribution is -0.314. The molecule has 0 radical (unpaired) electrons. The second kappa shape index (κ2) is 14.3. The number of ether oxygens (including phenoxy) is 7. The van der Waals surface area contributed by atoms with Crippen LogP contribution in [0, 0.1) is 24.7 Å². The van der Waals surface area contributed by atoms with Crippen LogP contribution in [0.1, 0.15) is 40.2 Å². The standard InChI is InChI=1S/C30H37N3O12/c1-13-10-23(36)42-21-11-19(8-9-20(13)21)41-30-26(40-18(6)35)16(4)25(27(45-30)28(37)38-7)44-29-24(32-33-31)15(3)14(2)22(43-29)12-39-17(5)34/h8-11,14-16,22,24-27,29-30H,12H2,1-7H3/t14-,15-,16-,22?,24?,25-,26?,27?,29+,30+/m0/s1. The van der Waals surface area contributed by atoms with Crippen molar-refractivity contribution in [3.63, 3.8) is 0 Å². The molecule has 2 aliphatic rings. The van der Waals surface area contributed by atoms with Crippen LogP contribution in [-0.2, 0) is 42.8 Å². The molecule has 2 aromatic rings. The third-order valence-corrected chi connectivity index (χ3v) is 8.26. The van der Waals surface area contributed by atoms with Crippen molar-refractivity contribution in [2.45, 2.75) is 84.6 Å². The minimum atomic E-state index is -1.40. The van der Waals surface area contributed by atoms with Gasteiger partial charge in [-0.05, 0) is 42.0 Å². The predicted octanol–water partition coefficient (Wildman–Crippen LogP) is 3.57. The molecule has 45 heavy (non-hydrogen) atoms. The first-order valence-electron chi connectivity index (χ1n) is 14.4. The van der Waals surface area contributed by atoms with Crippen LogP contribution in [0.5, 0.6) is 5.75 Å². The molecular formula is C30H37N3O12. The molecule has 1 aromatic heterocycles. The van der Waals surface area contributed by atoms with Gasteiger partial charge in [-0.3, -0.25) is 9.59 Å². The van der Waals surface area contributed by atoms with Gasteiger partial charge in [-0.2, -0.15) is 0 Å². The zero-order valence-electron chi connectivity index (χ0n) is 26.0. The number of hydrogen-bond acceptors (Lipinski definition) is 13. The number of carbonyl (C=O) groups is 3. The molecule has 0 N–H and O–H groups in total. The first kappa shape index (κ1) is 33.7. The van der Waals surface area contributed by atoms with Gasteiger partial charge in [-0.25, -0.2) is 9.59 Å². The van der Waals surface area contributed by atoms with Gasteiger partial charge < -0.3 is 37.6 Å². The topological polar surface area (TPSA) is 195 Å². The van der Waals surface area contributed by atoms with Gasteiger partial charge in [0.1, 0.15) is 24.0 Å². The summed E-state index contributed by atoms with van der Waals surface area (Å²) in [4.78, 5) is 51.7. The molecule has 3 heterocycles. The third kappa shape index (κ3) is 7.56. The summed E-state index contributed by atoms with van der Waals surface area (Å²) in [5, 5.41) is 4.60. The lowest BCUT2D eigenvalue weighted by Crippen LogP contribution is -2.62. The molecule has 2 fully saturated rings. The molecule has 4 unspecified atom stereocenters. The molecule has 2 saturated heterocycles. The summed E-state index contributed by atoms with van der Waals surface area (Å²) < 4.78 is 45.8. The number of benzene rings is 1. The van der Waals surface area contributed by atoms with Crippen molar-refractivity contribution in [1.29, 1.82) is 0 Å². The van der Waals surface area contributed by atoms with Gasteiger partial charge in [0, 0.05) is 42.2 Å². The zero-order chi connectivity index (χ0) is 33.0. The molecular weight excluding hydrogens is 594 g/mol. The minimum Gasteiger partial charge on any atom is -0.467 e. The van der Waals surface area contributed by atoms with E-state index in [1.54, 1.807) is 26.0 Å². The smallest absolute Gasteiger partial charge is 0.337 e. The number of fused-ring (bicyclic) bond motifs is 1. The van der Waals surface area contributed by atoms with Crippen molar-refractivity contribution >= 4 is 28.9 Å². The van der Waals surface area contributed by atoms with Gasteiger partial charge in [0.15, 0.2) is 18.5 Å². The van der Waals surface area contributed by atoms with Crippen LogP contribution in [-0.4, -0.2) is 74.7 Å². The Balaban J connectivity index is 1.67. The fourth-order valence-corrected chi connectivity index (χ4v) is 5.62. The number of methoxy groups -OCH3 is 1. The second-order valence-corrected chi connectivity index (χ2v) is 11.3. The summed E-state index contributed by atoms with van der Waals surface area (Å²) in [6.07, 6.45) is -6.79. The number of rotatable bonds is 9. The summed E-state index contributed by atoms with van der Waals surface area (Å²) in [5.41, 5.74) is 9.75. The van der Waals surface area contributed by atoms with Gasteiger partial charge in [-0.15, -0.1) is 0 Å². The summed E-state index contributed by atoms with van der Waals surface area (Å²) in [7, 11) is 1.17. The molecule has 0 bridgehead atoms. The van der Waals surface area contributed by atoms with Crippen molar-refractivity contribution in [1.82, 2.24) is 0 Å². The first-order valence-corrected chi connectivity index (χ1v) is 14.4. The highest BCUT2D eigenvalue weighted by Gasteiger charge is 2.53. The minimum absolute atomic E-state index is 0.0712. The van der Waals surface area contributed by atoms with Gasteiger partial charge in [0.05, 0.1) is 19.3 Å². The third-order valence-electron chi connectivity index (χ3n) is 8.26. The Morgan fingerprint density at radius 3 is 2.36 bits per heavy atom. The normalized spacial score (nSPS) is 31.4. The van der Waals surface area contributed by atoms with Crippen LogP contribution in [0.4, 0.5) is 0 Å². The highest BCUT2D eigenvalue weighted by molar-refractivity contribution is 5.81. The highest BCUT2D eigenvalue weighted by Crippen LogP contribution is 2.39. The Morgan fingerprint density at radius 2 is 1.71 bits per heavy atom. The van der Waals surface area contributed by atoms with Crippen molar-refractivity contribution in [3.8, 4) is 5.75 Å². The largest absolute Gasteiger partial charge is 0.467 e. The number of nitrogens with zero attached hydrogens (tertiary/aromatic N) is 3. The quantitative estimate of drug-likeness (QED) is 0.0976. The summed E-state index contributed by atoms with van der Waals surface area (Å²) in [6, 6.07) is 5.35. The van der Waals surface area contributed by atoms with E-state index >= 15 is 0 Å². The molecule has 15 nitrogen and oxygen atoms in total. The maximum absolute atomic E-state index is 13.1. The molecule has 10 atom stereocenters. The van der Waals surface area contributed by atoms with E-state index in [0.29, 0.717) is 10.9 Å². The van der Waals surface area contributed by atoms with E-state index in [1.165, 1.54) is 33.1 Å². The van der Waals surface area contributed by atoms with E-state index in [2.05, 4.69) is 10.0 Å². The maximum Gasteiger partial charge on any atom is 0.337 e. The van der Waals surface area contributed by atoms with Crippen molar-refractivity contribution < 1.29 is 52.0 Å². The lowest BCUT2D eigenvalue weighted by atomic mass is 9.82. The second-order valence-electron chi connectivity index (χ2n) is 11.3. The monoisotopic (exact) mass is 631 g/mol. The van der Waals surface area contributed by atoms with E-state index in [0.717, 1.165) is 0 Å². The molecule has 4 rings (SSSR count). The number of hydrogen-bond donors (Lipinski definition) is 0. The van der Waals surface area contributed by atoms with Crippen molar-refractivity contribution in [3.05, 3.63) is 50.7 Å². The average molecular weight is 632 g/mol. The number of carbonyl (C=O) groups excluding carboxylic acids is 3. The summed E-state index contributed by atoms with van der Waals surface area (Å²) >= 11 is 0. The Hall–Kier alpha value is -4.17. The lowest BCUT2D eigenvalue weighted by Gasteiger charge is -2.47. The Bertz CT molecular complexity index is 1520. The van der Waals surface area contributed by atoms with Gasteiger partial charge in [-0.1, -0.05) is 25.9 Å². The van der Waals surface area contributed by atoms with Crippen LogP contribution in [0.25, 0.3) is 21.4 Å². The number of aryl methyl sites for hydroxylation is 1. The molecule has 0 amide bonds. The maximum atomic E-state index is 13.1. The van der Waals surface area contributed by atoms with Crippen molar-refractivity contribution in [2.24, 2.45) is 22.9 Å². The SMILES string of the molecule is COC(=O)C1O[C@@H](Oc2ccc3c(C)cc(=O)oc3c2)C(OC(C)=O)[C@@H](C)[C@@H]1O[C@H]1OC(COC(C)=O)[C@@H](C)[C@H](C)C1N=[N+]=[N-]. The molecule has 1 aromatic carbocycles. The van der Waals surface area contributed by atoms with Crippen LogP contribution in [0.2, 0.25) is 0 Å². The summed E-state index contributed by atoms with van der Waals surface area (Å²) in [5.74, 6) is -2.99. The van der Waals surface area contributed by atoms with Crippen molar-refractivity contribution in [2.75, 3.05) is 13.7 Å². The fraction of sp³-hybridized carbons (Fsp3) is 0.600. The molecule has 244 valence electrons. The zero-order valence-corrected chi connectivity index (χ0v) is 26.0. The fourth-order valence-electron chi connectivity index (χ4n) is 5.62. The molecule has 0 spiro atoms.